The zero-order chi connectivity index (χ0) is 13.7. The quantitative estimate of drug-likeness (QED) is 0.840. The number of hydrogen-bond acceptors (Lipinski definition) is 3. The third-order valence-electron chi connectivity index (χ3n) is 2.94. The van der Waals surface area contributed by atoms with Gasteiger partial charge in [-0.05, 0) is 30.2 Å². The van der Waals surface area contributed by atoms with Crippen molar-refractivity contribution in [1.29, 1.82) is 0 Å². The van der Waals surface area contributed by atoms with Crippen LogP contribution in [0.3, 0.4) is 0 Å². The Bertz CT molecular complexity index is 385. The Kier molecular flexibility index (Phi) is 5.16. The lowest BCUT2D eigenvalue weighted by Gasteiger charge is -2.16. The van der Waals surface area contributed by atoms with Crippen LogP contribution >= 0.6 is 0 Å². The lowest BCUT2D eigenvalue weighted by molar-refractivity contribution is -0.116. The first-order valence-corrected chi connectivity index (χ1v) is 6.23. The summed E-state index contributed by atoms with van der Waals surface area (Å²) >= 11 is 0. The number of nitrogens with two attached hydrogens (primary N) is 1. The summed E-state index contributed by atoms with van der Waals surface area (Å²) in [5.74, 6) is 0.278. The van der Waals surface area contributed by atoms with Crippen molar-refractivity contribution in [2.45, 2.75) is 26.3 Å². The molecule has 0 bridgehead atoms. The van der Waals surface area contributed by atoms with E-state index < -0.39 is 0 Å². The molecule has 1 atom stereocenters. The zero-order valence-electron chi connectivity index (χ0n) is 11.6. The van der Waals surface area contributed by atoms with Gasteiger partial charge in [-0.1, -0.05) is 13.8 Å². The predicted molar refractivity (Wildman–Crippen MR) is 76.8 cm³/mol. The molecular weight excluding hydrogens is 226 g/mol. The fourth-order valence-electron chi connectivity index (χ4n) is 1.50. The van der Waals surface area contributed by atoms with Crippen molar-refractivity contribution in [3.05, 3.63) is 24.3 Å². The van der Waals surface area contributed by atoms with Crippen LogP contribution in [0.2, 0.25) is 0 Å². The normalized spacial score (nSPS) is 12.3. The fraction of sp³-hybridized carbons (Fsp3) is 0.500. The molecule has 0 fully saturated rings. The van der Waals surface area contributed by atoms with Crippen LogP contribution in [0.15, 0.2) is 24.3 Å². The number of nitrogens with zero attached hydrogens (tertiary/aromatic N) is 1. The lowest BCUT2D eigenvalue weighted by atomic mass is 10.0. The van der Waals surface area contributed by atoms with Crippen molar-refractivity contribution in [3.8, 4) is 0 Å². The summed E-state index contributed by atoms with van der Waals surface area (Å²) in [5.41, 5.74) is 7.78. The van der Waals surface area contributed by atoms with Gasteiger partial charge in [-0.3, -0.25) is 4.79 Å². The number of carbonyl (C=O) groups is 1. The molecule has 0 aromatic heterocycles. The molecule has 0 aliphatic rings. The van der Waals surface area contributed by atoms with Gasteiger partial charge in [0.2, 0.25) is 5.91 Å². The first-order valence-electron chi connectivity index (χ1n) is 6.23. The SMILES string of the molecule is CC(C)C(N)CC(=O)Nc1ccc(N(C)C)cc1. The summed E-state index contributed by atoms with van der Waals surface area (Å²) in [4.78, 5) is 13.8. The Morgan fingerprint density at radius 2 is 1.83 bits per heavy atom. The van der Waals surface area contributed by atoms with E-state index in [0.29, 0.717) is 12.3 Å². The molecule has 0 heterocycles. The van der Waals surface area contributed by atoms with Crippen LogP contribution in [0.4, 0.5) is 11.4 Å². The van der Waals surface area contributed by atoms with Gasteiger partial charge in [0.25, 0.3) is 0 Å². The van der Waals surface area contributed by atoms with Gasteiger partial charge in [0.15, 0.2) is 0 Å². The van der Waals surface area contributed by atoms with Crippen molar-refractivity contribution in [3.63, 3.8) is 0 Å². The molecule has 0 aliphatic heterocycles. The van der Waals surface area contributed by atoms with Crippen LogP contribution in [0.25, 0.3) is 0 Å². The number of anilines is 2. The van der Waals surface area contributed by atoms with Crippen molar-refractivity contribution in [1.82, 2.24) is 0 Å². The van der Waals surface area contributed by atoms with Crippen molar-refractivity contribution >= 4 is 17.3 Å². The molecule has 1 aromatic carbocycles. The third kappa shape index (κ3) is 4.37. The van der Waals surface area contributed by atoms with Crippen LogP contribution in [0, 0.1) is 5.92 Å². The molecule has 0 saturated heterocycles. The van der Waals surface area contributed by atoms with Crippen LogP contribution in [0.5, 0.6) is 0 Å². The van der Waals surface area contributed by atoms with E-state index in [-0.39, 0.29) is 11.9 Å². The lowest BCUT2D eigenvalue weighted by Crippen LogP contribution is -2.31. The maximum Gasteiger partial charge on any atom is 0.225 e. The maximum atomic E-state index is 11.7. The van der Waals surface area contributed by atoms with Gasteiger partial charge in [0, 0.05) is 37.9 Å². The largest absolute Gasteiger partial charge is 0.378 e. The molecule has 1 rings (SSSR count). The minimum Gasteiger partial charge on any atom is -0.378 e. The van der Waals surface area contributed by atoms with Crippen molar-refractivity contribution < 1.29 is 4.79 Å². The van der Waals surface area contributed by atoms with Gasteiger partial charge >= 0.3 is 0 Å². The van der Waals surface area contributed by atoms with Crippen LogP contribution < -0.4 is 16.0 Å². The molecule has 0 aliphatic carbocycles. The molecule has 3 N–H and O–H groups in total. The van der Waals surface area contributed by atoms with Gasteiger partial charge < -0.3 is 16.0 Å². The molecule has 4 heteroatoms. The number of nitrogens with one attached hydrogen (secondary N) is 1. The fourth-order valence-corrected chi connectivity index (χ4v) is 1.50. The number of rotatable bonds is 5. The molecule has 0 spiro atoms. The van der Waals surface area contributed by atoms with Gasteiger partial charge in [0.1, 0.15) is 0 Å². The van der Waals surface area contributed by atoms with E-state index >= 15 is 0 Å². The number of carbonyl (C=O) groups excluding carboxylic acids is 1. The second-order valence-corrected chi connectivity index (χ2v) is 5.10. The average molecular weight is 249 g/mol. The molecule has 1 aromatic rings. The topological polar surface area (TPSA) is 58.4 Å². The smallest absolute Gasteiger partial charge is 0.225 e. The Balaban J connectivity index is 2.54. The summed E-state index contributed by atoms with van der Waals surface area (Å²) in [6, 6.07) is 7.64. The highest BCUT2D eigenvalue weighted by Crippen LogP contribution is 2.16. The Hall–Kier alpha value is -1.55. The highest BCUT2D eigenvalue weighted by Gasteiger charge is 2.12. The minimum atomic E-state index is -0.0916. The number of benzene rings is 1. The Labute approximate surface area is 109 Å². The van der Waals surface area contributed by atoms with E-state index in [0.717, 1.165) is 11.4 Å². The second-order valence-electron chi connectivity index (χ2n) is 5.10. The summed E-state index contributed by atoms with van der Waals surface area (Å²) in [6.07, 6.45) is 0.354. The van der Waals surface area contributed by atoms with E-state index in [1.54, 1.807) is 0 Å². The Morgan fingerprint density at radius 3 is 2.28 bits per heavy atom. The molecule has 0 radical (unpaired) electrons. The summed E-state index contributed by atoms with van der Waals surface area (Å²) in [7, 11) is 3.96. The van der Waals surface area contributed by atoms with Gasteiger partial charge in [-0.15, -0.1) is 0 Å². The summed E-state index contributed by atoms with van der Waals surface area (Å²) in [5, 5.41) is 2.86. The van der Waals surface area contributed by atoms with Gasteiger partial charge in [-0.2, -0.15) is 0 Å². The number of hydrogen-bond donors (Lipinski definition) is 2. The molecule has 18 heavy (non-hydrogen) atoms. The first kappa shape index (κ1) is 14.5. The van der Waals surface area contributed by atoms with Gasteiger partial charge in [-0.25, -0.2) is 0 Å². The number of amides is 1. The van der Waals surface area contributed by atoms with Crippen LogP contribution in [-0.4, -0.2) is 26.0 Å². The van der Waals surface area contributed by atoms with E-state index in [9.17, 15) is 4.79 Å². The predicted octanol–water partition coefficient (Wildman–Crippen LogP) is 2.06. The summed E-state index contributed by atoms with van der Waals surface area (Å²) in [6.45, 7) is 4.04. The average Bonchev–Trinajstić information content (AvgIpc) is 2.29. The van der Waals surface area contributed by atoms with E-state index in [1.165, 1.54) is 0 Å². The Morgan fingerprint density at radius 1 is 1.28 bits per heavy atom. The zero-order valence-corrected chi connectivity index (χ0v) is 11.6. The highest BCUT2D eigenvalue weighted by atomic mass is 16.1. The van der Waals surface area contributed by atoms with Crippen molar-refractivity contribution in [2.75, 3.05) is 24.3 Å². The molecule has 0 saturated carbocycles. The highest BCUT2D eigenvalue weighted by molar-refractivity contribution is 5.91. The van der Waals surface area contributed by atoms with Crippen molar-refractivity contribution in [2.24, 2.45) is 11.7 Å². The van der Waals surface area contributed by atoms with Crippen LogP contribution in [-0.2, 0) is 4.79 Å². The molecule has 4 nitrogen and oxygen atoms in total. The second kappa shape index (κ2) is 6.40. The third-order valence-corrected chi connectivity index (χ3v) is 2.94. The summed E-state index contributed by atoms with van der Waals surface area (Å²) < 4.78 is 0. The molecule has 1 amide bonds. The standard InChI is InChI=1S/C14H23N3O/c1-10(2)13(15)9-14(18)16-11-5-7-12(8-6-11)17(3)4/h5-8,10,13H,9,15H2,1-4H3,(H,16,18). The monoisotopic (exact) mass is 249 g/mol. The minimum absolute atomic E-state index is 0.0335. The van der Waals surface area contributed by atoms with Crippen LogP contribution in [0.1, 0.15) is 20.3 Å². The van der Waals surface area contributed by atoms with E-state index in [2.05, 4.69) is 5.32 Å². The van der Waals surface area contributed by atoms with Gasteiger partial charge in [0.05, 0.1) is 0 Å². The van der Waals surface area contributed by atoms with E-state index in [1.807, 2.05) is 57.1 Å². The maximum absolute atomic E-state index is 11.7. The first-order chi connectivity index (χ1) is 8.40. The molecule has 100 valence electrons. The van der Waals surface area contributed by atoms with E-state index in [4.69, 9.17) is 5.73 Å². The molecule has 1 unspecified atom stereocenters. The molecular formula is C14H23N3O.